The Morgan fingerprint density at radius 3 is 2.68 bits per heavy atom. The summed E-state index contributed by atoms with van der Waals surface area (Å²) in [6.07, 6.45) is 8.57. The lowest BCUT2D eigenvalue weighted by molar-refractivity contribution is 0.0951. The number of amides is 1. The second kappa shape index (κ2) is 8.43. The molecule has 8 heteroatoms. The van der Waals surface area contributed by atoms with Crippen LogP contribution in [0.25, 0.3) is 11.3 Å². The molecular formula is C20H22N6OS. The van der Waals surface area contributed by atoms with Gasteiger partial charge in [-0.15, -0.1) is 11.3 Å². The van der Waals surface area contributed by atoms with Crippen molar-refractivity contribution >= 4 is 23.2 Å². The van der Waals surface area contributed by atoms with E-state index < -0.39 is 0 Å². The zero-order valence-electron chi connectivity index (χ0n) is 15.8. The number of aryl methyl sites for hydroxylation is 1. The summed E-state index contributed by atoms with van der Waals surface area (Å²) in [7, 11) is 0. The molecule has 4 rings (SSSR count). The average molecular weight is 395 g/mol. The van der Waals surface area contributed by atoms with E-state index in [0.29, 0.717) is 23.8 Å². The zero-order valence-corrected chi connectivity index (χ0v) is 16.6. The van der Waals surface area contributed by atoms with Crippen molar-refractivity contribution in [3.8, 4) is 11.3 Å². The highest BCUT2D eigenvalue weighted by Crippen LogP contribution is 2.24. The highest BCUT2D eigenvalue weighted by molar-refractivity contribution is 7.09. The Labute approximate surface area is 167 Å². The van der Waals surface area contributed by atoms with Gasteiger partial charge >= 0.3 is 0 Å². The maximum absolute atomic E-state index is 12.9. The number of hydrogen-bond acceptors (Lipinski definition) is 7. The van der Waals surface area contributed by atoms with Crippen LogP contribution < -0.4 is 10.2 Å². The van der Waals surface area contributed by atoms with Gasteiger partial charge in [0.05, 0.1) is 17.8 Å². The third-order valence-corrected chi connectivity index (χ3v) is 5.65. The van der Waals surface area contributed by atoms with E-state index in [0.717, 1.165) is 42.2 Å². The summed E-state index contributed by atoms with van der Waals surface area (Å²) in [5.74, 6) is 0.475. The van der Waals surface area contributed by atoms with Gasteiger partial charge in [0, 0.05) is 48.3 Å². The second-order valence-corrected chi connectivity index (χ2v) is 7.72. The SMILES string of the molecule is Cc1csc(CNC(=O)c2cnc(N3CCCCC3)nc2-c2ccncc2)n1. The van der Waals surface area contributed by atoms with E-state index >= 15 is 0 Å². The van der Waals surface area contributed by atoms with Crippen molar-refractivity contribution in [3.05, 3.63) is 52.4 Å². The standard InChI is InChI=1S/C20H22N6OS/c1-14-13-28-17(24-14)12-22-19(27)16-11-23-20(26-9-3-2-4-10-26)25-18(16)15-5-7-21-8-6-15/h5-8,11,13H,2-4,9-10,12H2,1H3,(H,22,27). The minimum Gasteiger partial charge on any atom is -0.345 e. The molecule has 0 spiro atoms. The molecule has 0 saturated carbocycles. The molecule has 0 bridgehead atoms. The van der Waals surface area contributed by atoms with Crippen LogP contribution in [-0.2, 0) is 6.54 Å². The number of hydrogen-bond donors (Lipinski definition) is 1. The van der Waals surface area contributed by atoms with Crippen LogP contribution in [0.3, 0.4) is 0 Å². The molecule has 4 heterocycles. The topological polar surface area (TPSA) is 83.9 Å². The molecule has 0 atom stereocenters. The summed E-state index contributed by atoms with van der Waals surface area (Å²) in [5, 5.41) is 5.79. The van der Waals surface area contributed by atoms with Gasteiger partial charge in [-0.05, 0) is 38.3 Å². The van der Waals surface area contributed by atoms with Crippen molar-refractivity contribution in [3.63, 3.8) is 0 Å². The molecule has 144 valence electrons. The van der Waals surface area contributed by atoms with Gasteiger partial charge in [-0.25, -0.2) is 15.0 Å². The van der Waals surface area contributed by atoms with Crippen molar-refractivity contribution < 1.29 is 4.79 Å². The molecule has 0 aliphatic carbocycles. The van der Waals surface area contributed by atoms with Crippen molar-refractivity contribution in [1.82, 2.24) is 25.3 Å². The van der Waals surface area contributed by atoms with E-state index in [1.165, 1.54) is 17.8 Å². The molecule has 1 fully saturated rings. The van der Waals surface area contributed by atoms with E-state index in [2.05, 4.69) is 25.2 Å². The minimum absolute atomic E-state index is 0.204. The molecule has 0 aromatic carbocycles. The van der Waals surface area contributed by atoms with Gasteiger partial charge in [-0.3, -0.25) is 9.78 Å². The molecule has 1 amide bonds. The first kappa shape index (κ1) is 18.5. The molecule has 0 unspecified atom stereocenters. The van der Waals surface area contributed by atoms with E-state index in [-0.39, 0.29) is 5.91 Å². The van der Waals surface area contributed by atoms with Gasteiger partial charge in [-0.1, -0.05) is 0 Å². The molecule has 1 aliphatic heterocycles. The van der Waals surface area contributed by atoms with Crippen molar-refractivity contribution in [1.29, 1.82) is 0 Å². The van der Waals surface area contributed by atoms with Crippen LogP contribution >= 0.6 is 11.3 Å². The summed E-state index contributed by atoms with van der Waals surface area (Å²) in [4.78, 5) is 32.8. The van der Waals surface area contributed by atoms with Gasteiger partial charge in [0.15, 0.2) is 0 Å². The lowest BCUT2D eigenvalue weighted by Gasteiger charge is -2.27. The normalized spacial score (nSPS) is 14.1. The van der Waals surface area contributed by atoms with Gasteiger partial charge in [-0.2, -0.15) is 0 Å². The number of thiazole rings is 1. The maximum atomic E-state index is 12.9. The predicted molar refractivity (Wildman–Crippen MR) is 109 cm³/mol. The number of nitrogens with zero attached hydrogens (tertiary/aromatic N) is 5. The largest absolute Gasteiger partial charge is 0.345 e. The Bertz CT molecular complexity index is 952. The number of nitrogens with one attached hydrogen (secondary N) is 1. The molecule has 7 nitrogen and oxygen atoms in total. The fraction of sp³-hybridized carbons (Fsp3) is 0.350. The summed E-state index contributed by atoms with van der Waals surface area (Å²) < 4.78 is 0. The maximum Gasteiger partial charge on any atom is 0.255 e. The molecule has 1 aliphatic rings. The molecule has 3 aromatic heterocycles. The van der Waals surface area contributed by atoms with Crippen molar-refractivity contribution in [2.45, 2.75) is 32.7 Å². The highest BCUT2D eigenvalue weighted by atomic mass is 32.1. The number of rotatable bonds is 5. The van der Waals surface area contributed by atoms with Gasteiger partial charge in [0.1, 0.15) is 5.01 Å². The van der Waals surface area contributed by atoms with Crippen LogP contribution in [0.1, 0.15) is 40.3 Å². The van der Waals surface area contributed by atoms with Gasteiger partial charge < -0.3 is 10.2 Å². The van der Waals surface area contributed by atoms with Crippen molar-refractivity contribution in [2.75, 3.05) is 18.0 Å². The first-order valence-electron chi connectivity index (χ1n) is 9.42. The van der Waals surface area contributed by atoms with E-state index in [4.69, 9.17) is 4.98 Å². The lowest BCUT2D eigenvalue weighted by Crippen LogP contribution is -2.31. The molecule has 0 radical (unpaired) electrons. The Morgan fingerprint density at radius 1 is 1.18 bits per heavy atom. The van der Waals surface area contributed by atoms with E-state index in [9.17, 15) is 4.79 Å². The number of anilines is 1. The number of carbonyl (C=O) groups excluding carboxylic acids is 1. The lowest BCUT2D eigenvalue weighted by atomic mass is 10.1. The van der Waals surface area contributed by atoms with Crippen LogP contribution in [0.15, 0.2) is 36.1 Å². The van der Waals surface area contributed by atoms with Crippen LogP contribution in [0.5, 0.6) is 0 Å². The summed E-state index contributed by atoms with van der Waals surface area (Å²) >= 11 is 1.54. The van der Waals surface area contributed by atoms with Crippen LogP contribution in [0.4, 0.5) is 5.95 Å². The Kier molecular flexibility index (Phi) is 5.57. The molecule has 28 heavy (non-hydrogen) atoms. The smallest absolute Gasteiger partial charge is 0.255 e. The number of piperidine rings is 1. The third kappa shape index (κ3) is 4.17. The Morgan fingerprint density at radius 2 is 1.96 bits per heavy atom. The molecule has 1 saturated heterocycles. The van der Waals surface area contributed by atoms with Gasteiger partial charge in [0.2, 0.25) is 5.95 Å². The number of pyridine rings is 1. The van der Waals surface area contributed by atoms with Crippen LogP contribution in [0.2, 0.25) is 0 Å². The predicted octanol–water partition coefficient (Wildman–Crippen LogP) is 3.22. The van der Waals surface area contributed by atoms with Gasteiger partial charge in [0.25, 0.3) is 5.91 Å². The van der Waals surface area contributed by atoms with Crippen molar-refractivity contribution in [2.24, 2.45) is 0 Å². The Balaban J connectivity index is 1.62. The Hall–Kier alpha value is -2.87. The molecular weight excluding hydrogens is 372 g/mol. The summed E-state index contributed by atoms with van der Waals surface area (Å²) in [6, 6.07) is 3.73. The number of carbonyl (C=O) groups is 1. The fourth-order valence-electron chi connectivity index (χ4n) is 3.25. The molecule has 3 aromatic rings. The average Bonchev–Trinajstić information content (AvgIpc) is 3.18. The highest BCUT2D eigenvalue weighted by Gasteiger charge is 2.20. The first-order chi connectivity index (χ1) is 13.7. The zero-order chi connectivity index (χ0) is 19.3. The summed E-state index contributed by atoms with van der Waals surface area (Å²) in [5.41, 5.74) is 2.90. The van der Waals surface area contributed by atoms with Crippen LogP contribution in [-0.4, -0.2) is 38.9 Å². The van der Waals surface area contributed by atoms with E-state index in [1.54, 1.807) is 18.6 Å². The third-order valence-electron chi connectivity index (χ3n) is 4.68. The quantitative estimate of drug-likeness (QED) is 0.715. The second-order valence-electron chi connectivity index (χ2n) is 6.78. The van der Waals surface area contributed by atoms with E-state index in [1.807, 2.05) is 24.4 Å². The fourth-order valence-corrected chi connectivity index (χ4v) is 3.96. The minimum atomic E-state index is -0.204. The molecule has 1 N–H and O–H groups in total. The number of aromatic nitrogens is 4. The monoisotopic (exact) mass is 394 g/mol. The summed E-state index contributed by atoms with van der Waals surface area (Å²) in [6.45, 7) is 4.23. The van der Waals surface area contributed by atoms with Crippen LogP contribution in [0, 0.1) is 6.92 Å². The first-order valence-corrected chi connectivity index (χ1v) is 10.3.